The van der Waals surface area contributed by atoms with Crippen LogP contribution < -0.4 is 10.3 Å². The molecule has 3 nitrogen and oxygen atoms in total. The van der Waals surface area contributed by atoms with Crippen LogP contribution in [0.5, 0.6) is 5.06 Å². The lowest BCUT2D eigenvalue weighted by Gasteiger charge is -1.93. The lowest BCUT2D eigenvalue weighted by atomic mass is 10.7. The van der Waals surface area contributed by atoms with Gasteiger partial charge in [0.2, 0.25) is 0 Å². The number of nitrogens with zero attached hydrogens (tertiary/aromatic N) is 1. The van der Waals surface area contributed by atoms with Gasteiger partial charge in [0.15, 0.2) is 5.06 Å². The summed E-state index contributed by atoms with van der Waals surface area (Å²) in [5.74, 6) is 0. The Labute approximate surface area is 63.0 Å². The Morgan fingerprint density at radius 1 is 1.80 bits per heavy atom. The van der Waals surface area contributed by atoms with Gasteiger partial charge in [-0.25, -0.2) is 0 Å². The Morgan fingerprint density at radius 3 is 2.90 bits per heavy atom. The molecule has 1 aromatic rings. The number of rotatable bonds is 2. The van der Waals surface area contributed by atoms with Crippen molar-refractivity contribution in [1.82, 2.24) is 3.96 Å². The highest BCUT2D eigenvalue weighted by Crippen LogP contribution is 2.13. The van der Waals surface area contributed by atoms with Crippen LogP contribution in [0.1, 0.15) is 6.92 Å². The van der Waals surface area contributed by atoms with E-state index in [1.807, 2.05) is 6.92 Å². The van der Waals surface area contributed by atoms with Crippen molar-refractivity contribution in [2.24, 2.45) is 7.05 Å². The minimum absolute atomic E-state index is 0.00606. The predicted octanol–water partition coefficient (Wildman–Crippen LogP) is 0.845. The van der Waals surface area contributed by atoms with E-state index in [0.717, 1.165) is 0 Å². The van der Waals surface area contributed by atoms with E-state index < -0.39 is 0 Å². The van der Waals surface area contributed by atoms with Gasteiger partial charge in [0.05, 0.1) is 12.7 Å². The normalized spacial score (nSPS) is 9.80. The van der Waals surface area contributed by atoms with Crippen molar-refractivity contribution >= 4 is 11.5 Å². The minimum atomic E-state index is -0.00606. The van der Waals surface area contributed by atoms with Crippen molar-refractivity contribution in [3.05, 3.63) is 16.4 Å². The maximum absolute atomic E-state index is 10.8. The van der Waals surface area contributed by atoms with E-state index in [-0.39, 0.29) is 5.56 Å². The Bertz CT molecular complexity index is 263. The van der Waals surface area contributed by atoms with Gasteiger partial charge in [-0.15, -0.1) is 0 Å². The highest BCUT2D eigenvalue weighted by atomic mass is 32.1. The molecule has 0 aromatic carbocycles. The molecule has 4 heteroatoms. The van der Waals surface area contributed by atoms with Crippen LogP contribution in [0.3, 0.4) is 0 Å². The van der Waals surface area contributed by atoms with Gasteiger partial charge in [-0.2, -0.15) is 0 Å². The number of aromatic nitrogens is 1. The van der Waals surface area contributed by atoms with Crippen molar-refractivity contribution < 1.29 is 4.74 Å². The molecule has 1 heterocycles. The summed E-state index contributed by atoms with van der Waals surface area (Å²) in [4.78, 5) is 10.8. The zero-order valence-electron chi connectivity index (χ0n) is 5.96. The van der Waals surface area contributed by atoms with E-state index in [1.54, 1.807) is 7.05 Å². The first-order valence-corrected chi connectivity index (χ1v) is 3.81. The van der Waals surface area contributed by atoms with Gasteiger partial charge in [-0.3, -0.25) is 8.75 Å². The predicted molar refractivity (Wildman–Crippen MR) is 40.7 cm³/mol. The second-order valence-corrected chi connectivity index (χ2v) is 2.96. The number of hydrogen-bond acceptors (Lipinski definition) is 3. The largest absolute Gasteiger partial charge is 0.483 e. The molecule has 0 fully saturated rings. The molecular weight excluding hydrogens is 150 g/mol. The van der Waals surface area contributed by atoms with E-state index in [9.17, 15) is 4.79 Å². The lowest BCUT2D eigenvalue weighted by Crippen LogP contribution is -2.05. The molecule has 10 heavy (non-hydrogen) atoms. The molecular formula is C6H9NO2S. The Balaban J connectivity index is 2.88. The Morgan fingerprint density at radius 2 is 2.50 bits per heavy atom. The summed E-state index contributed by atoms with van der Waals surface area (Å²) in [7, 11) is 1.72. The summed E-state index contributed by atoms with van der Waals surface area (Å²) in [5, 5.41) is 0.690. The molecule has 0 aliphatic heterocycles. The van der Waals surface area contributed by atoms with Crippen LogP contribution in [0.4, 0.5) is 0 Å². The quantitative estimate of drug-likeness (QED) is 0.640. The third kappa shape index (κ3) is 1.39. The topological polar surface area (TPSA) is 31.2 Å². The van der Waals surface area contributed by atoms with Crippen molar-refractivity contribution in [3.8, 4) is 5.06 Å². The van der Waals surface area contributed by atoms with Crippen LogP contribution >= 0.6 is 11.5 Å². The van der Waals surface area contributed by atoms with Gasteiger partial charge >= 0.3 is 0 Å². The molecule has 0 spiro atoms. The standard InChI is InChI=1S/C6H9NO2S/c1-3-9-6-4-5(8)7(2)10-6/h4H,3H2,1-2H3. The summed E-state index contributed by atoms with van der Waals surface area (Å²) in [6.07, 6.45) is 0. The van der Waals surface area contributed by atoms with Crippen molar-refractivity contribution in [1.29, 1.82) is 0 Å². The molecule has 0 amide bonds. The molecule has 56 valence electrons. The van der Waals surface area contributed by atoms with Gasteiger partial charge in [0, 0.05) is 7.05 Å². The average molecular weight is 159 g/mol. The van der Waals surface area contributed by atoms with Crippen LogP contribution in [0.15, 0.2) is 10.9 Å². The van der Waals surface area contributed by atoms with E-state index in [1.165, 1.54) is 21.6 Å². The highest BCUT2D eigenvalue weighted by Gasteiger charge is 1.98. The van der Waals surface area contributed by atoms with Crippen LogP contribution in [-0.2, 0) is 7.05 Å². The van der Waals surface area contributed by atoms with Crippen molar-refractivity contribution in [2.75, 3.05) is 6.61 Å². The van der Waals surface area contributed by atoms with E-state index in [4.69, 9.17) is 4.74 Å². The molecule has 0 radical (unpaired) electrons. The monoisotopic (exact) mass is 159 g/mol. The molecule has 0 bridgehead atoms. The van der Waals surface area contributed by atoms with Crippen LogP contribution in [0, 0.1) is 0 Å². The highest BCUT2D eigenvalue weighted by molar-refractivity contribution is 7.08. The maximum atomic E-state index is 10.8. The van der Waals surface area contributed by atoms with Crippen molar-refractivity contribution in [3.63, 3.8) is 0 Å². The van der Waals surface area contributed by atoms with Gasteiger partial charge in [-0.05, 0) is 18.5 Å². The molecule has 0 aliphatic carbocycles. The summed E-state index contributed by atoms with van der Waals surface area (Å²) in [6, 6.07) is 1.49. The zero-order chi connectivity index (χ0) is 7.56. The Hall–Kier alpha value is -0.770. The maximum Gasteiger partial charge on any atom is 0.264 e. The first-order chi connectivity index (χ1) is 4.74. The summed E-state index contributed by atoms with van der Waals surface area (Å²) >= 11 is 1.32. The van der Waals surface area contributed by atoms with Crippen molar-refractivity contribution in [2.45, 2.75) is 6.92 Å². The fourth-order valence-electron chi connectivity index (χ4n) is 0.608. The van der Waals surface area contributed by atoms with E-state index in [0.29, 0.717) is 11.7 Å². The fourth-order valence-corrected chi connectivity index (χ4v) is 1.34. The van der Waals surface area contributed by atoms with Crippen LogP contribution in [0.25, 0.3) is 0 Å². The van der Waals surface area contributed by atoms with Gasteiger partial charge in [0.1, 0.15) is 0 Å². The van der Waals surface area contributed by atoms with Gasteiger partial charge in [-0.1, -0.05) is 0 Å². The zero-order valence-corrected chi connectivity index (χ0v) is 6.77. The number of aryl methyl sites for hydroxylation is 1. The van der Waals surface area contributed by atoms with Gasteiger partial charge in [0.25, 0.3) is 5.56 Å². The summed E-state index contributed by atoms with van der Waals surface area (Å²) < 4.78 is 6.64. The minimum Gasteiger partial charge on any atom is -0.483 e. The third-order valence-electron chi connectivity index (χ3n) is 1.07. The smallest absolute Gasteiger partial charge is 0.264 e. The second-order valence-electron chi connectivity index (χ2n) is 1.82. The molecule has 1 aromatic heterocycles. The van der Waals surface area contributed by atoms with Gasteiger partial charge < -0.3 is 4.74 Å². The SMILES string of the molecule is CCOc1cc(=O)n(C)s1. The molecule has 0 unspecified atom stereocenters. The average Bonchev–Trinajstić information content (AvgIpc) is 2.14. The number of hydrogen-bond donors (Lipinski definition) is 0. The molecule has 0 aliphatic rings. The van der Waals surface area contributed by atoms with E-state index in [2.05, 4.69) is 0 Å². The molecule has 1 rings (SSSR count). The van der Waals surface area contributed by atoms with Crippen LogP contribution in [0.2, 0.25) is 0 Å². The van der Waals surface area contributed by atoms with E-state index >= 15 is 0 Å². The van der Waals surface area contributed by atoms with Crippen LogP contribution in [-0.4, -0.2) is 10.6 Å². The summed E-state index contributed by atoms with van der Waals surface area (Å²) in [5.41, 5.74) is -0.00606. The molecule has 0 saturated carbocycles. The lowest BCUT2D eigenvalue weighted by molar-refractivity contribution is 0.350. The fraction of sp³-hybridized carbons (Fsp3) is 0.500. The Kier molecular flexibility index (Phi) is 2.11. The molecule has 0 N–H and O–H groups in total. The third-order valence-corrected chi connectivity index (χ3v) is 1.93. The first kappa shape index (κ1) is 7.34. The second kappa shape index (κ2) is 2.88. The summed E-state index contributed by atoms with van der Waals surface area (Å²) in [6.45, 7) is 2.50. The molecule has 0 atom stereocenters. The molecule has 0 saturated heterocycles. The number of ether oxygens (including phenoxy) is 1. The first-order valence-electron chi connectivity index (χ1n) is 3.04.